The standard InChI is InChI=1S/C20H39N5O.HI/c1-5-24(16(2)3)14-12-22-20(21-4)23-18-11-13-25(15-18)19(26)17-9-7-6-8-10-17;/h16-18H,5-15H2,1-4H3,(H2,21,22,23);1H. The quantitative estimate of drug-likeness (QED) is 0.325. The Balaban J connectivity index is 0.00000364. The lowest BCUT2D eigenvalue weighted by Gasteiger charge is -2.27. The van der Waals surface area contributed by atoms with Crippen molar-refractivity contribution in [2.75, 3.05) is 39.8 Å². The van der Waals surface area contributed by atoms with Crippen LogP contribution in [0.5, 0.6) is 0 Å². The summed E-state index contributed by atoms with van der Waals surface area (Å²) in [6, 6.07) is 0.868. The third-order valence-electron chi connectivity index (χ3n) is 5.85. The molecule has 1 heterocycles. The van der Waals surface area contributed by atoms with Gasteiger partial charge >= 0.3 is 0 Å². The number of hydrogen-bond acceptors (Lipinski definition) is 3. The van der Waals surface area contributed by atoms with Crippen molar-refractivity contribution in [1.82, 2.24) is 20.4 Å². The number of nitrogens with one attached hydrogen (secondary N) is 2. The number of hydrogen-bond donors (Lipinski definition) is 2. The molecule has 0 spiro atoms. The van der Waals surface area contributed by atoms with Crippen LogP contribution in [0.1, 0.15) is 59.3 Å². The van der Waals surface area contributed by atoms with E-state index in [0.29, 0.717) is 18.0 Å². The van der Waals surface area contributed by atoms with Gasteiger partial charge in [0.1, 0.15) is 0 Å². The van der Waals surface area contributed by atoms with Crippen molar-refractivity contribution >= 4 is 35.8 Å². The van der Waals surface area contributed by atoms with E-state index in [2.05, 4.69) is 46.2 Å². The Morgan fingerprint density at radius 2 is 1.93 bits per heavy atom. The maximum absolute atomic E-state index is 12.7. The van der Waals surface area contributed by atoms with Crippen molar-refractivity contribution in [3.05, 3.63) is 0 Å². The number of nitrogens with zero attached hydrogens (tertiary/aromatic N) is 3. The number of carbonyl (C=O) groups excluding carboxylic acids is 1. The normalized spacial score (nSPS) is 21.5. The van der Waals surface area contributed by atoms with Crippen molar-refractivity contribution in [2.45, 2.75) is 71.4 Å². The lowest BCUT2D eigenvalue weighted by Crippen LogP contribution is -2.47. The first-order valence-corrected chi connectivity index (χ1v) is 10.5. The average molecular weight is 493 g/mol. The zero-order valence-corrected chi connectivity index (χ0v) is 20.0. The zero-order chi connectivity index (χ0) is 18.9. The Hall–Kier alpha value is -0.570. The Labute approximate surface area is 182 Å². The van der Waals surface area contributed by atoms with Gasteiger partial charge in [0.2, 0.25) is 5.91 Å². The van der Waals surface area contributed by atoms with E-state index in [1.54, 1.807) is 0 Å². The second-order valence-corrected chi connectivity index (χ2v) is 7.97. The maximum Gasteiger partial charge on any atom is 0.225 e. The molecule has 2 aliphatic rings. The molecule has 158 valence electrons. The summed E-state index contributed by atoms with van der Waals surface area (Å²) in [6.45, 7) is 11.3. The second-order valence-electron chi connectivity index (χ2n) is 7.97. The minimum atomic E-state index is 0. The van der Waals surface area contributed by atoms with Crippen LogP contribution in [0.2, 0.25) is 0 Å². The molecule has 0 radical (unpaired) electrons. The van der Waals surface area contributed by atoms with Gasteiger partial charge in [-0.3, -0.25) is 14.7 Å². The van der Waals surface area contributed by atoms with Gasteiger partial charge in [-0.1, -0.05) is 26.2 Å². The van der Waals surface area contributed by atoms with Crippen LogP contribution >= 0.6 is 24.0 Å². The van der Waals surface area contributed by atoms with Gasteiger partial charge in [0.15, 0.2) is 5.96 Å². The van der Waals surface area contributed by atoms with Crippen LogP contribution in [0, 0.1) is 5.92 Å². The van der Waals surface area contributed by atoms with Gasteiger partial charge in [-0.15, -0.1) is 24.0 Å². The van der Waals surface area contributed by atoms with E-state index in [0.717, 1.165) is 57.9 Å². The molecule has 2 rings (SSSR count). The van der Waals surface area contributed by atoms with Gasteiger partial charge in [-0.05, 0) is 39.7 Å². The lowest BCUT2D eigenvalue weighted by atomic mass is 9.88. The van der Waals surface area contributed by atoms with Crippen LogP contribution < -0.4 is 10.6 Å². The minimum absolute atomic E-state index is 0. The molecule has 1 aliphatic carbocycles. The Morgan fingerprint density at radius 3 is 2.52 bits per heavy atom. The van der Waals surface area contributed by atoms with Crippen LogP contribution in [0.4, 0.5) is 0 Å². The highest BCUT2D eigenvalue weighted by atomic mass is 127. The van der Waals surface area contributed by atoms with Crippen LogP contribution in [0.15, 0.2) is 4.99 Å². The molecule has 27 heavy (non-hydrogen) atoms. The van der Waals surface area contributed by atoms with E-state index in [-0.39, 0.29) is 29.9 Å². The van der Waals surface area contributed by atoms with Crippen LogP contribution in [0.25, 0.3) is 0 Å². The fourth-order valence-corrected chi connectivity index (χ4v) is 4.17. The fraction of sp³-hybridized carbons (Fsp3) is 0.900. The summed E-state index contributed by atoms with van der Waals surface area (Å²) in [6.07, 6.45) is 6.90. The highest BCUT2D eigenvalue weighted by Gasteiger charge is 2.31. The molecule has 1 amide bonds. The number of halogens is 1. The third-order valence-corrected chi connectivity index (χ3v) is 5.85. The van der Waals surface area contributed by atoms with Gasteiger partial charge in [0, 0.05) is 51.2 Å². The zero-order valence-electron chi connectivity index (χ0n) is 17.7. The van der Waals surface area contributed by atoms with E-state index < -0.39 is 0 Å². The van der Waals surface area contributed by atoms with Gasteiger partial charge in [0.05, 0.1) is 0 Å². The molecule has 6 nitrogen and oxygen atoms in total. The summed E-state index contributed by atoms with van der Waals surface area (Å²) in [5.74, 6) is 1.50. The molecule has 0 aromatic rings. The topological polar surface area (TPSA) is 60.0 Å². The first-order valence-electron chi connectivity index (χ1n) is 10.5. The molecule has 1 saturated heterocycles. The summed E-state index contributed by atoms with van der Waals surface area (Å²) >= 11 is 0. The van der Waals surface area contributed by atoms with Crippen LogP contribution in [0.3, 0.4) is 0 Å². The Kier molecular flexibility index (Phi) is 11.6. The predicted octanol–water partition coefficient (Wildman–Crippen LogP) is 2.68. The van der Waals surface area contributed by atoms with Crippen molar-refractivity contribution < 1.29 is 4.79 Å². The average Bonchev–Trinajstić information content (AvgIpc) is 3.12. The van der Waals surface area contributed by atoms with E-state index in [4.69, 9.17) is 0 Å². The smallest absolute Gasteiger partial charge is 0.225 e. The fourth-order valence-electron chi connectivity index (χ4n) is 4.17. The van der Waals surface area contributed by atoms with Crippen molar-refractivity contribution in [1.29, 1.82) is 0 Å². The summed E-state index contributed by atoms with van der Waals surface area (Å²) in [5, 5.41) is 6.92. The molecule has 1 aliphatic heterocycles. The maximum atomic E-state index is 12.7. The molecule has 0 aromatic heterocycles. The molecular weight excluding hydrogens is 453 g/mol. The van der Waals surface area contributed by atoms with Crippen molar-refractivity contribution in [2.24, 2.45) is 10.9 Å². The number of likely N-dealkylation sites (tertiary alicyclic amines) is 1. The molecule has 7 heteroatoms. The number of aliphatic imine (C=N–C) groups is 1. The molecule has 0 aromatic carbocycles. The highest BCUT2D eigenvalue weighted by molar-refractivity contribution is 14.0. The summed E-state index contributed by atoms with van der Waals surface area (Å²) in [4.78, 5) is 21.5. The van der Waals surface area contributed by atoms with Crippen molar-refractivity contribution in [3.8, 4) is 0 Å². The Morgan fingerprint density at radius 1 is 1.22 bits per heavy atom. The molecular formula is C20H40IN5O. The lowest BCUT2D eigenvalue weighted by molar-refractivity contribution is -0.135. The van der Waals surface area contributed by atoms with Crippen LogP contribution in [-0.2, 0) is 4.79 Å². The van der Waals surface area contributed by atoms with Crippen molar-refractivity contribution in [3.63, 3.8) is 0 Å². The molecule has 1 unspecified atom stereocenters. The summed E-state index contributed by atoms with van der Waals surface area (Å²) in [7, 11) is 1.81. The molecule has 2 fully saturated rings. The SMILES string of the molecule is CCN(CCNC(=NC)NC1CCN(C(=O)C2CCCCC2)C1)C(C)C.I. The van der Waals surface area contributed by atoms with E-state index in [1.165, 1.54) is 19.3 Å². The Bertz CT molecular complexity index is 465. The number of guanidine groups is 1. The number of amides is 1. The largest absolute Gasteiger partial charge is 0.355 e. The van der Waals surface area contributed by atoms with Gasteiger partial charge in [0.25, 0.3) is 0 Å². The predicted molar refractivity (Wildman–Crippen MR) is 124 cm³/mol. The number of likely N-dealkylation sites (N-methyl/N-ethyl adjacent to an activating group) is 1. The van der Waals surface area contributed by atoms with Crippen LogP contribution in [-0.4, -0.2) is 73.5 Å². The number of rotatable bonds is 7. The number of carbonyl (C=O) groups is 1. The van der Waals surface area contributed by atoms with Gasteiger partial charge < -0.3 is 15.5 Å². The third kappa shape index (κ3) is 7.75. The second kappa shape index (κ2) is 12.8. The monoisotopic (exact) mass is 493 g/mol. The van der Waals surface area contributed by atoms with Gasteiger partial charge in [-0.25, -0.2) is 0 Å². The molecule has 1 saturated carbocycles. The summed E-state index contributed by atoms with van der Waals surface area (Å²) < 4.78 is 0. The molecule has 2 N–H and O–H groups in total. The van der Waals surface area contributed by atoms with E-state index >= 15 is 0 Å². The first-order chi connectivity index (χ1) is 12.5. The van der Waals surface area contributed by atoms with Gasteiger partial charge in [-0.2, -0.15) is 0 Å². The van der Waals surface area contributed by atoms with E-state index in [1.807, 2.05) is 7.05 Å². The highest BCUT2D eigenvalue weighted by Crippen LogP contribution is 2.26. The van der Waals surface area contributed by atoms with E-state index in [9.17, 15) is 4.79 Å². The molecule has 0 bridgehead atoms. The first kappa shape index (κ1) is 24.5. The minimum Gasteiger partial charge on any atom is -0.355 e. The summed E-state index contributed by atoms with van der Waals surface area (Å²) in [5.41, 5.74) is 0. The molecule has 1 atom stereocenters.